The van der Waals surface area contributed by atoms with E-state index in [4.69, 9.17) is 0 Å². The molecule has 0 saturated carbocycles. The number of amides is 1. The number of rotatable bonds is 2. The van der Waals surface area contributed by atoms with Crippen molar-refractivity contribution < 1.29 is 14.0 Å². The van der Waals surface area contributed by atoms with Crippen LogP contribution >= 0.6 is 11.3 Å². The van der Waals surface area contributed by atoms with Crippen LogP contribution in [0.4, 0.5) is 9.39 Å². The Morgan fingerprint density at radius 2 is 1.87 bits per heavy atom. The molecule has 1 aromatic heterocycles. The number of anilines is 1. The summed E-state index contributed by atoms with van der Waals surface area (Å²) in [5, 5.41) is 10.5. The maximum absolute atomic E-state index is 14.6. The van der Waals surface area contributed by atoms with Gasteiger partial charge in [0.1, 0.15) is 16.9 Å². The van der Waals surface area contributed by atoms with Crippen LogP contribution in [0, 0.1) is 17.1 Å². The number of Topliss-reactive ketones (excluding diaryl/α,β-unsaturated/α-hetero) is 1. The second kappa shape index (κ2) is 7.48. The first-order valence-corrected chi connectivity index (χ1v) is 11.3. The second-order valence-corrected chi connectivity index (χ2v) is 9.23. The number of nitriles is 1. The molecule has 0 unspecified atom stereocenters. The maximum atomic E-state index is 14.6. The second-order valence-electron chi connectivity index (χ2n) is 8.15. The summed E-state index contributed by atoms with van der Waals surface area (Å²) >= 11 is 1.52. The highest BCUT2D eigenvalue weighted by molar-refractivity contribution is 7.16. The fraction of sp³-hybridized carbons (Fsp3) is 0.375. The smallest absolute Gasteiger partial charge is 0.232 e. The molecule has 1 aromatic carbocycles. The first-order chi connectivity index (χ1) is 14.6. The van der Waals surface area contributed by atoms with Crippen LogP contribution in [0.25, 0.3) is 0 Å². The Bertz CT molecular complexity index is 1140. The van der Waals surface area contributed by atoms with Crippen molar-refractivity contribution in [3.63, 3.8) is 0 Å². The van der Waals surface area contributed by atoms with Gasteiger partial charge in [-0.25, -0.2) is 4.39 Å². The van der Waals surface area contributed by atoms with Gasteiger partial charge in [0.15, 0.2) is 5.78 Å². The van der Waals surface area contributed by atoms with E-state index in [0.29, 0.717) is 46.7 Å². The van der Waals surface area contributed by atoms with E-state index in [-0.39, 0.29) is 18.1 Å². The van der Waals surface area contributed by atoms with Crippen molar-refractivity contribution in [3.05, 3.63) is 62.9 Å². The lowest BCUT2D eigenvalue weighted by Crippen LogP contribution is -2.40. The van der Waals surface area contributed by atoms with E-state index < -0.39 is 11.7 Å². The summed E-state index contributed by atoms with van der Waals surface area (Å²) < 4.78 is 14.6. The van der Waals surface area contributed by atoms with Gasteiger partial charge in [0.05, 0.1) is 5.56 Å². The van der Waals surface area contributed by atoms with Crippen LogP contribution in [0.1, 0.15) is 66.0 Å². The van der Waals surface area contributed by atoms with Crippen LogP contribution in [-0.4, -0.2) is 11.7 Å². The molecule has 2 aromatic rings. The fourth-order valence-corrected chi connectivity index (χ4v) is 6.46. The Balaban J connectivity index is 1.69. The van der Waals surface area contributed by atoms with Crippen molar-refractivity contribution in [1.29, 1.82) is 5.26 Å². The van der Waals surface area contributed by atoms with E-state index in [1.165, 1.54) is 22.3 Å². The summed E-state index contributed by atoms with van der Waals surface area (Å²) in [5.41, 5.74) is 3.28. The molecule has 4 nitrogen and oxygen atoms in total. The minimum absolute atomic E-state index is 0.0122. The number of hydrogen-bond donors (Lipinski definition) is 0. The van der Waals surface area contributed by atoms with Crippen LogP contribution in [0.2, 0.25) is 0 Å². The predicted octanol–water partition coefficient (Wildman–Crippen LogP) is 5.17. The highest BCUT2D eigenvalue weighted by atomic mass is 32.1. The van der Waals surface area contributed by atoms with Crippen LogP contribution in [-0.2, 0) is 22.4 Å². The predicted molar refractivity (Wildman–Crippen MR) is 113 cm³/mol. The Kier molecular flexibility index (Phi) is 4.79. The zero-order chi connectivity index (χ0) is 20.8. The lowest BCUT2D eigenvalue weighted by molar-refractivity contribution is -0.119. The highest BCUT2D eigenvalue weighted by Gasteiger charge is 2.42. The van der Waals surface area contributed by atoms with Gasteiger partial charge in [-0.15, -0.1) is 11.3 Å². The number of aryl methyl sites for hydroxylation is 1. The molecule has 2 heterocycles. The quantitative estimate of drug-likeness (QED) is 0.674. The van der Waals surface area contributed by atoms with E-state index >= 15 is 0 Å². The third kappa shape index (κ3) is 2.92. The van der Waals surface area contributed by atoms with Crippen molar-refractivity contribution in [2.75, 3.05) is 4.90 Å². The topological polar surface area (TPSA) is 61.2 Å². The summed E-state index contributed by atoms with van der Waals surface area (Å²) in [5.74, 6) is -1.12. The Labute approximate surface area is 178 Å². The monoisotopic (exact) mass is 420 g/mol. The molecule has 1 atom stereocenters. The number of ketones is 1. The van der Waals surface area contributed by atoms with E-state index in [2.05, 4.69) is 6.07 Å². The minimum Gasteiger partial charge on any atom is -0.294 e. The van der Waals surface area contributed by atoms with Gasteiger partial charge in [-0.1, -0.05) is 18.2 Å². The third-order valence-corrected chi connectivity index (χ3v) is 7.70. The number of fused-ring (bicyclic) bond motifs is 1. The number of carbonyl (C=O) groups excluding carboxylic acids is 2. The number of allylic oxidation sites excluding steroid dienone is 2. The molecule has 0 N–H and O–H groups in total. The van der Waals surface area contributed by atoms with Crippen molar-refractivity contribution >= 4 is 28.0 Å². The molecule has 2 aliphatic carbocycles. The number of carbonyl (C=O) groups is 2. The molecule has 30 heavy (non-hydrogen) atoms. The highest BCUT2D eigenvalue weighted by Crippen LogP contribution is 2.48. The van der Waals surface area contributed by atoms with Gasteiger partial charge in [-0.05, 0) is 55.7 Å². The minimum atomic E-state index is -0.558. The molecule has 0 saturated heterocycles. The lowest BCUT2D eigenvalue weighted by atomic mass is 9.77. The average Bonchev–Trinajstić information content (AvgIpc) is 3.11. The number of benzene rings is 1. The normalized spacial score (nSPS) is 21.3. The largest absolute Gasteiger partial charge is 0.294 e. The SMILES string of the molecule is N#Cc1c(N2C(=O)C[C@H](c3ccccc3F)C3=C2CCCC3=O)sc2c1CCCC2. The molecule has 0 radical (unpaired) electrons. The van der Waals surface area contributed by atoms with Gasteiger partial charge in [0.25, 0.3) is 0 Å². The molecular weight excluding hydrogens is 399 g/mol. The summed E-state index contributed by atoms with van der Waals surface area (Å²) in [6.45, 7) is 0. The van der Waals surface area contributed by atoms with Crippen LogP contribution < -0.4 is 4.90 Å². The standard InChI is InChI=1S/C24H21FN2O2S/c25-18-8-3-1-6-14(18)16-12-22(29)27(19-9-5-10-20(28)23(16)19)24-17(13-26)15-7-2-4-11-21(15)30-24/h1,3,6,8,16H,2,4-5,7,9-12H2/t16-/m1/s1. The molecule has 0 spiro atoms. The van der Waals surface area contributed by atoms with Gasteiger partial charge >= 0.3 is 0 Å². The van der Waals surface area contributed by atoms with Crippen molar-refractivity contribution in [1.82, 2.24) is 0 Å². The van der Waals surface area contributed by atoms with Gasteiger partial charge < -0.3 is 0 Å². The number of nitrogens with zero attached hydrogens (tertiary/aromatic N) is 2. The zero-order valence-corrected chi connectivity index (χ0v) is 17.4. The lowest BCUT2D eigenvalue weighted by Gasteiger charge is -2.37. The zero-order valence-electron chi connectivity index (χ0n) is 16.5. The van der Waals surface area contributed by atoms with Crippen molar-refractivity contribution in [3.8, 4) is 6.07 Å². The molecule has 152 valence electrons. The Morgan fingerprint density at radius 1 is 1.07 bits per heavy atom. The molecule has 0 fully saturated rings. The maximum Gasteiger partial charge on any atom is 0.232 e. The molecule has 6 heteroatoms. The first kappa shape index (κ1) is 19.2. The molecule has 5 rings (SSSR count). The van der Waals surface area contributed by atoms with Gasteiger partial charge in [-0.3, -0.25) is 14.5 Å². The van der Waals surface area contributed by atoms with Crippen LogP contribution in [0.15, 0.2) is 35.5 Å². The van der Waals surface area contributed by atoms with E-state index in [1.807, 2.05) is 0 Å². The third-order valence-electron chi connectivity index (χ3n) is 6.42. The summed E-state index contributed by atoms with van der Waals surface area (Å²) in [6.07, 6.45) is 5.64. The number of hydrogen-bond acceptors (Lipinski definition) is 4. The molecule has 3 aliphatic rings. The van der Waals surface area contributed by atoms with Crippen molar-refractivity contribution in [2.24, 2.45) is 0 Å². The molecule has 1 aliphatic heterocycles. The number of halogens is 1. The fourth-order valence-electron chi connectivity index (χ4n) is 5.08. The summed E-state index contributed by atoms with van der Waals surface area (Å²) in [4.78, 5) is 29.2. The Hall–Kier alpha value is -2.78. The van der Waals surface area contributed by atoms with Gasteiger partial charge in [-0.2, -0.15) is 5.26 Å². The van der Waals surface area contributed by atoms with E-state index in [1.54, 1.807) is 23.1 Å². The van der Waals surface area contributed by atoms with Crippen molar-refractivity contribution in [2.45, 2.75) is 57.3 Å². The molecule has 0 bridgehead atoms. The van der Waals surface area contributed by atoms with Gasteiger partial charge in [0, 0.05) is 34.9 Å². The molecular formula is C24H21FN2O2S. The van der Waals surface area contributed by atoms with Gasteiger partial charge in [0.2, 0.25) is 5.91 Å². The van der Waals surface area contributed by atoms with Crippen LogP contribution in [0.3, 0.4) is 0 Å². The summed E-state index contributed by atoms with van der Waals surface area (Å²) in [7, 11) is 0. The molecule has 1 amide bonds. The van der Waals surface area contributed by atoms with E-state index in [9.17, 15) is 19.2 Å². The average molecular weight is 421 g/mol. The first-order valence-electron chi connectivity index (χ1n) is 10.5. The summed E-state index contributed by atoms with van der Waals surface area (Å²) in [6, 6.07) is 8.73. The number of thiophene rings is 1. The van der Waals surface area contributed by atoms with Crippen LogP contribution in [0.5, 0.6) is 0 Å². The Morgan fingerprint density at radius 3 is 2.67 bits per heavy atom. The van der Waals surface area contributed by atoms with E-state index in [0.717, 1.165) is 31.2 Å².